The van der Waals surface area contributed by atoms with Gasteiger partial charge in [0.05, 0.1) is 6.61 Å². The van der Waals surface area contributed by atoms with Crippen molar-refractivity contribution < 1.29 is 23.9 Å². The maximum absolute atomic E-state index is 14.4. The van der Waals surface area contributed by atoms with Crippen molar-refractivity contribution in [2.45, 2.75) is 82.2 Å². The van der Waals surface area contributed by atoms with Gasteiger partial charge >= 0.3 is 6.03 Å². The molecule has 0 aliphatic carbocycles. The highest BCUT2D eigenvalue weighted by Crippen LogP contribution is 2.41. The van der Waals surface area contributed by atoms with Crippen LogP contribution in [0.25, 0.3) is 0 Å². The van der Waals surface area contributed by atoms with E-state index in [1.54, 1.807) is 21.9 Å². The van der Waals surface area contributed by atoms with Gasteiger partial charge in [-0.2, -0.15) is 12.6 Å². The number of nitrogens with one attached hydrogen (secondary N) is 3. The summed E-state index contributed by atoms with van der Waals surface area (Å²) < 4.78 is 6.14. The van der Waals surface area contributed by atoms with Crippen LogP contribution in [0.4, 0.5) is 16.2 Å². The van der Waals surface area contributed by atoms with E-state index in [0.29, 0.717) is 50.5 Å². The number of anilines is 2. The van der Waals surface area contributed by atoms with E-state index in [-0.39, 0.29) is 24.3 Å². The van der Waals surface area contributed by atoms with Gasteiger partial charge in [-0.25, -0.2) is 4.79 Å². The molecule has 0 radical (unpaired) electrons. The number of piperidine rings is 1. The molecule has 1 saturated heterocycles. The summed E-state index contributed by atoms with van der Waals surface area (Å²) in [6, 6.07) is 18.1. The average Bonchev–Trinajstić information content (AvgIpc) is 3.41. The van der Waals surface area contributed by atoms with Crippen LogP contribution in [0.2, 0.25) is 0 Å². The van der Waals surface area contributed by atoms with Gasteiger partial charge in [0.25, 0.3) is 0 Å². The zero-order valence-corrected chi connectivity index (χ0v) is 31.1. The van der Waals surface area contributed by atoms with E-state index in [0.717, 1.165) is 47.3 Å². The number of benzene rings is 3. The number of nitrogen functional groups attached to an aromatic ring is 1. The highest BCUT2D eigenvalue weighted by atomic mass is 32.1. The second-order valence-electron chi connectivity index (χ2n) is 14.9. The van der Waals surface area contributed by atoms with Crippen molar-refractivity contribution >= 4 is 47.8 Å². The molecule has 3 aliphatic rings. The Morgan fingerprint density at radius 3 is 2.62 bits per heavy atom. The SMILES string of the molecule is Cc1ccc2cc1CNC(=O)[C@H](CCc1ccccc1)NC(=O)[C@@H](NC(=O)N1CC(C)(C)c3cc(N)ccc31)C(S)C(=O)N1CCCC(CCO2)C1. The van der Waals surface area contributed by atoms with Crippen molar-refractivity contribution in [3.05, 3.63) is 89.0 Å². The number of amides is 5. The Hall–Kier alpha value is -4.71. The minimum absolute atomic E-state index is 0.210. The Morgan fingerprint density at radius 2 is 1.83 bits per heavy atom. The molecule has 4 atom stereocenters. The normalized spacial score (nSPS) is 23.7. The van der Waals surface area contributed by atoms with Crippen molar-refractivity contribution in [1.29, 1.82) is 0 Å². The summed E-state index contributed by atoms with van der Waals surface area (Å²) in [6.45, 7) is 8.11. The summed E-state index contributed by atoms with van der Waals surface area (Å²) in [6.07, 6.45) is 3.31. The number of thiol groups is 1. The summed E-state index contributed by atoms with van der Waals surface area (Å²) in [5.74, 6) is -0.461. The number of nitrogens with two attached hydrogens (primary N) is 1. The number of ether oxygens (including phenoxy) is 1. The Balaban J connectivity index is 1.31. The zero-order valence-electron chi connectivity index (χ0n) is 30.2. The summed E-state index contributed by atoms with van der Waals surface area (Å²) in [5, 5.41) is 7.58. The molecule has 276 valence electrons. The maximum Gasteiger partial charge on any atom is 0.322 e. The third kappa shape index (κ3) is 8.49. The largest absolute Gasteiger partial charge is 0.494 e. The molecule has 3 aromatic rings. The first-order valence-electron chi connectivity index (χ1n) is 18.2. The minimum atomic E-state index is -1.38. The van der Waals surface area contributed by atoms with Crippen LogP contribution in [0.3, 0.4) is 0 Å². The molecule has 3 heterocycles. The highest BCUT2D eigenvalue weighted by Gasteiger charge is 2.42. The number of nitrogens with zero attached hydrogens (tertiary/aromatic N) is 2. The predicted molar refractivity (Wildman–Crippen MR) is 205 cm³/mol. The molecule has 3 aliphatic heterocycles. The lowest BCUT2D eigenvalue weighted by Crippen LogP contribution is -2.61. The molecular formula is C40H50N6O5S. The number of carbonyl (C=O) groups is 4. The highest BCUT2D eigenvalue weighted by molar-refractivity contribution is 7.82. The van der Waals surface area contributed by atoms with Gasteiger partial charge in [0.2, 0.25) is 17.7 Å². The van der Waals surface area contributed by atoms with E-state index in [1.807, 2.05) is 75.4 Å². The number of urea groups is 1. The molecule has 0 spiro atoms. The van der Waals surface area contributed by atoms with Gasteiger partial charge in [-0.1, -0.05) is 50.2 Å². The fraction of sp³-hybridized carbons (Fsp3) is 0.450. The first-order valence-corrected chi connectivity index (χ1v) is 18.7. The standard InChI is InChI=1S/C40H50N6O5S/c1-25-11-14-30-20-28(25)22-42-36(47)32(15-12-26-8-5-4-6-9-26)43-37(48)34(35(52)38(49)45-18-7-10-27(23-45)17-19-51-30)44-39(50)46-24-40(2,3)31-21-29(41)13-16-33(31)46/h4-6,8-9,11,13-14,16,20-21,27,32,34-35,52H,7,10,12,15,17-19,22-24,41H2,1-3H3,(H,42,47)(H,43,48)(H,44,50)/t27?,32-,34-,35?/m0/s1. The Kier molecular flexibility index (Phi) is 11.3. The Morgan fingerprint density at radius 1 is 1.04 bits per heavy atom. The van der Waals surface area contributed by atoms with Gasteiger partial charge in [-0.05, 0) is 97.5 Å². The van der Waals surface area contributed by atoms with Crippen molar-refractivity contribution in [2.24, 2.45) is 5.92 Å². The van der Waals surface area contributed by atoms with Gasteiger partial charge in [0.15, 0.2) is 0 Å². The molecule has 6 rings (SSSR count). The molecule has 0 saturated carbocycles. The molecule has 4 bridgehead atoms. The van der Waals surface area contributed by atoms with Crippen molar-refractivity contribution in [2.75, 3.05) is 36.9 Å². The van der Waals surface area contributed by atoms with Crippen LogP contribution in [0, 0.1) is 12.8 Å². The van der Waals surface area contributed by atoms with Crippen LogP contribution >= 0.6 is 12.6 Å². The molecule has 11 nitrogen and oxygen atoms in total. The van der Waals surface area contributed by atoms with Crippen LogP contribution in [0.15, 0.2) is 66.7 Å². The zero-order chi connectivity index (χ0) is 37.0. The fourth-order valence-electron chi connectivity index (χ4n) is 7.47. The molecule has 52 heavy (non-hydrogen) atoms. The molecular weight excluding hydrogens is 677 g/mol. The molecule has 5 amide bonds. The molecule has 0 aromatic heterocycles. The summed E-state index contributed by atoms with van der Waals surface area (Å²) >= 11 is 4.74. The second kappa shape index (κ2) is 15.9. The average molecular weight is 727 g/mol. The number of fused-ring (bicyclic) bond motifs is 5. The Bertz CT molecular complexity index is 1800. The van der Waals surface area contributed by atoms with Crippen LogP contribution < -0.4 is 31.3 Å². The quantitative estimate of drug-likeness (QED) is 0.198. The lowest BCUT2D eigenvalue weighted by molar-refractivity contribution is -0.136. The topological polar surface area (TPSA) is 146 Å². The van der Waals surface area contributed by atoms with E-state index in [9.17, 15) is 19.2 Å². The van der Waals surface area contributed by atoms with E-state index in [1.165, 1.54) is 0 Å². The second-order valence-corrected chi connectivity index (χ2v) is 15.5. The maximum atomic E-state index is 14.4. The van der Waals surface area contributed by atoms with Gasteiger partial charge in [-0.15, -0.1) is 0 Å². The summed E-state index contributed by atoms with van der Waals surface area (Å²) in [5.41, 5.74) is 10.8. The number of aryl methyl sites for hydroxylation is 2. The van der Waals surface area contributed by atoms with Crippen molar-refractivity contribution in [3.63, 3.8) is 0 Å². The van der Waals surface area contributed by atoms with E-state index < -0.39 is 34.7 Å². The Labute approximate surface area is 311 Å². The first kappa shape index (κ1) is 37.1. The van der Waals surface area contributed by atoms with Crippen LogP contribution in [-0.4, -0.2) is 72.2 Å². The smallest absolute Gasteiger partial charge is 0.322 e. The number of hydrogen-bond acceptors (Lipinski definition) is 7. The van der Waals surface area contributed by atoms with Crippen molar-refractivity contribution in [3.8, 4) is 5.75 Å². The van der Waals surface area contributed by atoms with E-state index in [4.69, 9.17) is 23.1 Å². The van der Waals surface area contributed by atoms with Crippen LogP contribution in [0.5, 0.6) is 5.75 Å². The monoisotopic (exact) mass is 726 g/mol. The fourth-order valence-corrected chi connectivity index (χ4v) is 7.84. The van der Waals surface area contributed by atoms with E-state index in [2.05, 4.69) is 16.0 Å². The van der Waals surface area contributed by atoms with Gasteiger partial charge in [-0.3, -0.25) is 19.3 Å². The third-order valence-electron chi connectivity index (χ3n) is 10.6. The molecule has 2 unspecified atom stereocenters. The number of rotatable bonds is 4. The molecule has 3 aromatic carbocycles. The van der Waals surface area contributed by atoms with Crippen molar-refractivity contribution in [1.82, 2.24) is 20.9 Å². The number of hydrogen-bond donors (Lipinski definition) is 5. The van der Waals surface area contributed by atoms with Crippen LogP contribution in [0.1, 0.15) is 61.8 Å². The van der Waals surface area contributed by atoms with Gasteiger partial charge in [0.1, 0.15) is 23.1 Å². The summed E-state index contributed by atoms with van der Waals surface area (Å²) in [7, 11) is 0. The van der Waals surface area contributed by atoms with Gasteiger partial charge in [0, 0.05) is 43.0 Å². The first-order chi connectivity index (χ1) is 24.9. The number of carbonyl (C=O) groups excluding carboxylic acids is 4. The molecule has 5 N–H and O–H groups in total. The molecule has 12 heteroatoms. The predicted octanol–water partition coefficient (Wildman–Crippen LogP) is 4.51. The minimum Gasteiger partial charge on any atom is -0.494 e. The third-order valence-corrected chi connectivity index (χ3v) is 11.1. The lowest BCUT2D eigenvalue weighted by Gasteiger charge is -2.36. The van der Waals surface area contributed by atoms with Crippen LogP contribution in [-0.2, 0) is 32.8 Å². The lowest BCUT2D eigenvalue weighted by atomic mass is 9.87. The van der Waals surface area contributed by atoms with E-state index >= 15 is 0 Å². The summed E-state index contributed by atoms with van der Waals surface area (Å²) in [4.78, 5) is 59.8. The van der Waals surface area contributed by atoms with Gasteiger partial charge < -0.3 is 31.3 Å². The molecule has 1 fully saturated rings.